The highest BCUT2D eigenvalue weighted by Crippen LogP contribution is 2.33. The zero-order valence-electron chi connectivity index (χ0n) is 20.2. The average Bonchev–Trinajstić information content (AvgIpc) is 3.44. The Morgan fingerprint density at radius 1 is 1.09 bits per heavy atom. The average molecular weight is 475 g/mol. The van der Waals surface area contributed by atoms with Crippen LogP contribution >= 0.6 is 0 Å². The van der Waals surface area contributed by atoms with Crippen molar-refractivity contribution in [2.75, 3.05) is 24.3 Å². The molecule has 5 rings (SSSR count). The molecule has 2 atom stereocenters. The molecule has 3 heterocycles. The van der Waals surface area contributed by atoms with Crippen LogP contribution in [0.5, 0.6) is 5.75 Å². The Labute approximate surface area is 206 Å². The highest BCUT2D eigenvalue weighted by Gasteiger charge is 2.29. The molecule has 0 saturated heterocycles. The number of carbonyl (C=O) groups is 1. The van der Waals surface area contributed by atoms with Crippen LogP contribution in [-0.4, -0.2) is 40.1 Å². The molecule has 2 aromatic heterocycles. The third-order valence-corrected chi connectivity index (χ3v) is 7.01. The lowest BCUT2D eigenvalue weighted by atomic mass is 9.84. The summed E-state index contributed by atoms with van der Waals surface area (Å²) in [5.74, 6) is 3.27. The molecule has 8 heteroatoms. The molecule has 0 radical (unpaired) electrons. The van der Waals surface area contributed by atoms with Crippen LogP contribution in [-0.2, 0) is 4.79 Å². The van der Waals surface area contributed by atoms with Crippen LogP contribution < -0.4 is 20.7 Å². The number of benzene rings is 1. The number of aromatic nitrogens is 3. The molecule has 1 aliphatic carbocycles. The quantitative estimate of drug-likeness (QED) is 0.438. The second-order valence-corrected chi connectivity index (χ2v) is 9.45. The molecular weight excluding hydrogens is 440 g/mol. The summed E-state index contributed by atoms with van der Waals surface area (Å²) >= 11 is 0. The number of para-hydroxylation sites is 1. The highest BCUT2D eigenvalue weighted by molar-refractivity contribution is 5.85. The lowest BCUT2D eigenvalue weighted by Gasteiger charge is -2.30. The SMILES string of the molecule is CNc1nc(NC(CC2CCCCC2)C(=O)NC2CCOc3ccccc32)cc(-n2cccc2)n1. The third-order valence-electron chi connectivity index (χ3n) is 7.01. The van der Waals surface area contributed by atoms with Gasteiger partial charge in [-0.1, -0.05) is 50.3 Å². The summed E-state index contributed by atoms with van der Waals surface area (Å²) in [6.07, 6.45) is 11.5. The fourth-order valence-corrected chi connectivity index (χ4v) is 5.17. The van der Waals surface area contributed by atoms with Crippen molar-refractivity contribution in [1.29, 1.82) is 0 Å². The van der Waals surface area contributed by atoms with Crippen LogP contribution in [0, 0.1) is 5.92 Å². The molecule has 8 nitrogen and oxygen atoms in total. The van der Waals surface area contributed by atoms with E-state index in [0.717, 1.165) is 30.0 Å². The predicted octanol–water partition coefficient (Wildman–Crippen LogP) is 4.70. The zero-order valence-corrected chi connectivity index (χ0v) is 20.2. The van der Waals surface area contributed by atoms with Gasteiger partial charge in [-0.3, -0.25) is 4.79 Å². The van der Waals surface area contributed by atoms with Gasteiger partial charge in [0.2, 0.25) is 11.9 Å². The molecule has 1 fully saturated rings. The lowest BCUT2D eigenvalue weighted by molar-refractivity contribution is -0.123. The molecule has 184 valence electrons. The topological polar surface area (TPSA) is 93.1 Å². The van der Waals surface area contributed by atoms with Gasteiger partial charge in [0.05, 0.1) is 12.6 Å². The lowest BCUT2D eigenvalue weighted by Crippen LogP contribution is -2.43. The van der Waals surface area contributed by atoms with Crippen LogP contribution in [0.2, 0.25) is 0 Å². The van der Waals surface area contributed by atoms with Crippen LogP contribution in [0.25, 0.3) is 5.82 Å². The van der Waals surface area contributed by atoms with E-state index in [1.54, 1.807) is 7.05 Å². The minimum absolute atomic E-state index is 0.00408. The van der Waals surface area contributed by atoms with Crippen molar-refractivity contribution in [3.05, 3.63) is 60.4 Å². The second kappa shape index (κ2) is 10.8. The molecule has 2 aliphatic rings. The van der Waals surface area contributed by atoms with Gasteiger partial charge in [-0.2, -0.15) is 9.97 Å². The van der Waals surface area contributed by atoms with Gasteiger partial charge in [0, 0.05) is 37.5 Å². The fraction of sp³-hybridized carbons (Fsp3) is 0.444. The number of amides is 1. The van der Waals surface area contributed by atoms with Crippen molar-refractivity contribution in [3.63, 3.8) is 0 Å². The van der Waals surface area contributed by atoms with Crippen LogP contribution in [0.1, 0.15) is 56.6 Å². The van der Waals surface area contributed by atoms with E-state index in [4.69, 9.17) is 4.74 Å². The zero-order chi connectivity index (χ0) is 24.0. The van der Waals surface area contributed by atoms with Crippen molar-refractivity contribution < 1.29 is 9.53 Å². The number of hydrogen-bond acceptors (Lipinski definition) is 6. The maximum atomic E-state index is 13.7. The van der Waals surface area contributed by atoms with Crippen molar-refractivity contribution in [2.45, 2.75) is 57.0 Å². The van der Waals surface area contributed by atoms with Crippen LogP contribution in [0.15, 0.2) is 54.9 Å². The van der Waals surface area contributed by atoms with E-state index in [0.29, 0.717) is 24.3 Å². The Morgan fingerprint density at radius 2 is 1.89 bits per heavy atom. The Hall–Kier alpha value is -3.55. The maximum Gasteiger partial charge on any atom is 0.243 e. The molecule has 3 N–H and O–H groups in total. The molecular formula is C27H34N6O2. The van der Waals surface area contributed by atoms with Crippen molar-refractivity contribution in [1.82, 2.24) is 19.9 Å². The minimum atomic E-state index is -0.384. The van der Waals surface area contributed by atoms with Gasteiger partial charge < -0.3 is 25.3 Å². The molecule has 35 heavy (non-hydrogen) atoms. The first kappa shape index (κ1) is 23.2. The number of hydrogen-bond donors (Lipinski definition) is 3. The summed E-state index contributed by atoms with van der Waals surface area (Å²) in [4.78, 5) is 22.9. The Kier molecular flexibility index (Phi) is 7.16. The molecule has 0 bridgehead atoms. The largest absolute Gasteiger partial charge is 0.493 e. The van der Waals surface area contributed by atoms with E-state index in [9.17, 15) is 4.79 Å². The van der Waals surface area contributed by atoms with Crippen molar-refractivity contribution in [3.8, 4) is 11.6 Å². The molecule has 1 saturated carbocycles. The number of fused-ring (bicyclic) bond motifs is 1. The number of nitrogens with one attached hydrogen (secondary N) is 3. The fourth-order valence-electron chi connectivity index (χ4n) is 5.17. The van der Waals surface area contributed by atoms with Gasteiger partial charge in [-0.15, -0.1) is 0 Å². The molecule has 1 aromatic carbocycles. The summed E-state index contributed by atoms with van der Waals surface area (Å²) < 4.78 is 7.73. The van der Waals surface area contributed by atoms with E-state index >= 15 is 0 Å². The second-order valence-electron chi connectivity index (χ2n) is 9.45. The Bertz CT molecular complexity index is 1130. The van der Waals surface area contributed by atoms with E-state index in [1.165, 1.54) is 32.1 Å². The molecule has 1 aliphatic heterocycles. The van der Waals surface area contributed by atoms with Gasteiger partial charge in [0.25, 0.3) is 0 Å². The van der Waals surface area contributed by atoms with Crippen LogP contribution in [0.3, 0.4) is 0 Å². The van der Waals surface area contributed by atoms with Gasteiger partial charge in [0.1, 0.15) is 23.4 Å². The molecule has 2 unspecified atom stereocenters. The molecule has 0 spiro atoms. The maximum absolute atomic E-state index is 13.7. The smallest absolute Gasteiger partial charge is 0.243 e. The normalized spacial score (nSPS) is 18.7. The van der Waals surface area contributed by atoms with Gasteiger partial charge in [-0.05, 0) is 30.5 Å². The number of nitrogens with zero attached hydrogens (tertiary/aromatic N) is 3. The van der Waals surface area contributed by atoms with Gasteiger partial charge >= 0.3 is 0 Å². The van der Waals surface area contributed by atoms with Crippen molar-refractivity contribution >= 4 is 17.7 Å². The standard InChI is InChI=1S/C27H34N6O2/c1-28-27-31-24(18-25(32-27)33-14-7-8-15-33)29-22(17-19-9-3-2-4-10-19)26(34)30-21-13-16-35-23-12-6-5-11-20(21)23/h5-8,11-12,14-15,18-19,21-22H,2-4,9-10,13,16-17H2,1H3,(H,30,34)(H2,28,29,31,32). The van der Waals surface area contributed by atoms with E-state index in [2.05, 4.69) is 25.9 Å². The summed E-state index contributed by atoms with van der Waals surface area (Å²) in [6, 6.07) is 13.3. The van der Waals surface area contributed by atoms with Crippen LogP contribution in [0.4, 0.5) is 11.8 Å². The monoisotopic (exact) mass is 474 g/mol. The van der Waals surface area contributed by atoms with Gasteiger partial charge in [0.15, 0.2) is 0 Å². The minimum Gasteiger partial charge on any atom is -0.493 e. The number of ether oxygens (including phenoxy) is 1. The summed E-state index contributed by atoms with van der Waals surface area (Å²) in [6.45, 7) is 0.598. The van der Waals surface area contributed by atoms with Gasteiger partial charge in [-0.25, -0.2) is 0 Å². The van der Waals surface area contributed by atoms with E-state index in [-0.39, 0.29) is 18.0 Å². The number of carbonyl (C=O) groups excluding carboxylic acids is 1. The summed E-state index contributed by atoms with van der Waals surface area (Å²) in [7, 11) is 1.80. The first-order chi connectivity index (χ1) is 17.2. The molecule has 1 amide bonds. The number of anilines is 2. The summed E-state index contributed by atoms with van der Waals surface area (Å²) in [5.41, 5.74) is 1.04. The summed E-state index contributed by atoms with van der Waals surface area (Å²) in [5, 5.41) is 9.82. The first-order valence-corrected chi connectivity index (χ1v) is 12.7. The predicted molar refractivity (Wildman–Crippen MR) is 137 cm³/mol. The van der Waals surface area contributed by atoms with E-state index < -0.39 is 0 Å². The first-order valence-electron chi connectivity index (χ1n) is 12.7. The Morgan fingerprint density at radius 3 is 2.69 bits per heavy atom. The van der Waals surface area contributed by atoms with Crippen molar-refractivity contribution in [2.24, 2.45) is 5.92 Å². The third kappa shape index (κ3) is 5.58. The highest BCUT2D eigenvalue weighted by atomic mass is 16.5. The van der Waals surface area contributed by atoms with E-state index in [1.807, 2.05) is 59.4 Å². The Balaban J connectivity index is 1.38. The number of rotatable bonds is 8. The molecule has 3 aromatic rings.